The minimum absolute atomic E-state index is 1.16. The molecule has 0 aromatic heterocycles. The summed E-state index contributed by atoms with van der Waals surface area (Å²) in [6, 6.07) is 0. The fourth-order valence-corrected chi connectivity index (χ4v) is 5.79. The topological polar surface area (TPSA) is 6.25 Å². The monoisotopic (exact) mass is 550 g/mol. The van der Waals surface area contributed by atoms with Crippen LogP contribution < -0.4 is 0 Å². The maximum absolute atomic E-state index is 2.51. The number of hydrogen-bond acceptors (Lipinski definition) is 1. The predicted molar refractivity (Wildman–Crippen MR) is 180 cm³/mol. The van der Waals surface area contributed by atoms with Gasteiger partial charge in [-0.1, -0.05) is 188 Å². The van der Waals surface area contributed by atoms with E-state index < -0.39 is 0 Å². The SMILES string of the molecule is CCCCCCCCCCCCCCC.CCCCCCCCCCCCCCCCC[N+]1=CN(CC)CC1. The summed E-state index contributed by atoms with van der Waals surface area (Å²) in [5.74, 6) is 0. The highest BCUT2D eigenvalue weighted by Gasteiger charge is 2.15. The second-order valence-electron chi connectivity index (χ2n) is 12.6. The van der Waals surface area contributed by atoms with Crippen molar-refractivity contribution in [3.63, 3.8) is 0 Å². The molecule has 0 amide bonds. The van der Waals surface area contributed by atoms with Crippen LogP contribution in [0.5, 0.6) is 0 Å². The molecule has 0 saturated heterocycles. The molecule has 0 spiro atoms. The molecular formula is C37H77N2+. The molecule has 0 aliphatic carbocycles. The minimum Gasteiger partial charge on any atom is -0.265 e. The Labute approximate surface area is 249 Å². The van der Waals surface area contributed by atoms with Gasteiger partial charge in [0, 0.05) is 0 Å². The lowest BCUT2D eigenvalue weighted by molar-refractivity contribution is -0.514. The van der Waals surface area contributed by atoms with Crippen LogP contribution in [0.25, 0.3) is 0 Å². The Bertz CT molecular complexity index is 460. The molecule has 0 bridgehead atoms. The summed E-state index contributed by atoms with van der Waals surface area (Å²) in [5, 5.41) is 0. The molecule has 0 aromatic carbocycles. The molecule has 1 aliphatic heterocycles. The molecule has 39 heavy (non-hydrogen) atoms. The molecule has 0 fully saturated rings. The summed E-state index contributed by atoms with van der Waals surface area (Å²) in [5.41, 5.74) is 0. The number of unbranched alkanes of at least 4 members (excludes halogenated alkanes) is 26. The molecule has 2 heteroatoms. The van der Waals surface area contributed by atoms with Crippen molar-refractivity contribution in [2.45, 2.75) is 207 Å². The van der Waals surface area contributed by atoms with Crippen molar-refractivity contribution in [1.29, 1.82) is 0 Å². The zero-order valence-electron chi connectivity index (χ0n) is 28.1. The van der Waals surface area contributed by atoms with Crippen molar-refractivity contribution in [3.8, 4) is 0 Å². The Morgan fingerprint density at radius 2 is 0.692 bits per heavy atom. The van der Waals surface area contributed by atoms with E-state index >= 15 is 0 Å². The largest absolute Gasteiger partial charge is 0.265 e. The molecule has 0 atom stereocenters. The summed E-state index contributed by atoms with van der Waals surface area (Å²) in [4.78, 5) is 2.42. The van der Waals surface area contributed by atoms with Gasteiger partial charge in [0.2, 0.25) is 6.34 Å². The fraction of sp³-hybridized carbons (Fsp3) is 0.973. The van der Waals surface area contributed by atoms with Gasteiger partial charge in [0.05, 0.1) is 13.1 Å². The second kappa shape index (κ2) is 33.7. The molecule has 0 saturated carbocycles. The van der Waals surface area contributed by atoms with Crippen molar-refractivity contribution in [3.05, 3.63) is 0 Å². The number of nitrogens with zero attached hydrogens (tertiary/aromatic N) is 2. The van der Waals surface area contributed by atoms with Gasteiger partial charge in [0.1, 0.15) is 13.1 Å². The lowest BCUT2D eigenvalue weighted by Crippen LogP contribution is -2.18. The first-order valence-electron chi connectivity index (χ1n) is 18.6. The van der Waals surface area contributed by atoms with Crippen LogP contribution in [0.2, 0.25) is 0 Å². The van der Waals surface area contributed by atoms with Crippen LogP contribution >= 0.6 is 0 Å². The van der Waals surface area contributed by atoms with E-state index in [0.717, 1.165) is 6.54 Å². The first kappa shape index (κ1) is 38.5. The van der Waals surface area contributed by atoms with Crippen LogP contribution in [-0.2, 0) is 0 Å². The molecule has 234 valence electrons. The summed E-state index contributed by atoms with van der Waals surface area (Å²) in [6.45, 7) is 14.0. The molecule has 0 radical (unpaired) electrons. The van der Waals surface area contributed by atoms with Crippen molar-refractivity contribution in [2.75, 3.05) is 26.2 Å². The van der Waals surface area contributed by atoms with Crippen molar-refractivity contribution in [1.82, 2.24) is 4.90 Å². The fourth-order valence-electron chi connectivity index (χ4n) is 5.79. The summed E-state index contributed by atoms with van der Waals surface area (Å²) < 4.78 is 2.51. The maximum atomic E-state index is 2.51. The Hall–Kier alpha value is -0.530. The van der Waals surface area contributed by atoms with Gasteiger partial charge in [-0.3, -0.25) is 9.48 Å². The lowest BCUT2D eigenvalue weighted by Gasteiger charge is -2.03. The van der Waals surface area contributed by atoms with E-state index in [1.165, 1.54) is 199 Å². The highest BCUT2D eigenvalue weighted by atomic mass is 15.3. The average molecular weight is 550 g/mol. The maximum Gasteiger partial charge on any atom is 0.234 e. The van der Waals surface area contributed by atoms with Gasteiger partial charge < -0.3 is 0 Å². The average Bonchev–Trinajstić information content (AvgIpc) is 3.42. The first-order chi connectivity index (χ1) is 19.3. The van der Waals surface area contributed by atoms with Gasteiger partial charge in [-0.2, -0.15) is 0 Å². The molecule has 1 aliphatic rings. The Balaban J connectivity index is 0.000000830. The zero-order chi connectivity index (χ0) is 28.5. The lowest BCUT2D eigenvalue weighted by atomic mass is 10.0. The van der Waals surface area contributed by atoms with Gasteiger partial charge in [0.15, 0.2) is 0 Å². The standard InChI is InChI=1S/C22H45N2.C15H32/c1-3-5-6-7-8-9-10-11-12-13-14-15-16-17-18-19-24-21-20-23(4-2)22-24;1-3-5-7-9-11-13-15-14-12-10-8-6-4-2/h22H,3-21H2,1-2H3;3-15H2,1-2H3/q+1;. The number of hydrogen-bond donors (Lipinski definition) is 0. The molecule has 1 heterocycles. The Kier molecular flexibility index (Phi) is 33.2. The van der Waals surface area contributed by atoms with E-state index in [0.29, 0.717) is 0 Å². The summed E-state index contributed by atoms with van der Waals surface area (Å²) in [6.07, 6.45) is 43.0. The van der Waals surface area contributed by atoms with E-state index in [-0.39, 0.29) is 0 Å². The van der Waals surface area contributed by atoms with Crippen LogP contribution in [0.3, 0.4) is 0 Å². The van der Waals surface area contributed by atoms with Crippen molar-refractivity contribution >= 4 is 6.34 Å². The van der Waals surface area contributed by atoms with Gasteiger partial charge in [0.25, 0.3) is 0 Å². The number of rotatable bonds is 29. The van der Waals surface area contributed by atoms with Crippen LogP contribution in [-0.4, -0.2) is 42.0 Å². The molecule has 1 rings (SSSR count). The van der Waals surface area contributed by atoms with E-state index in [4.69, 9.17) is 0 Å². The third-order valence-electron chi connectivity index (χ3n) is 8.66. The Morgan fingerprint density at radius 1 is 0.410 bits per heavy atom. The van der Waals surface area contributed by atoms with Gasteiger partial charge in [-0.05, 0) is 19.8 Å². The Morgan fingerprint density at radius 3 is 0.949 bits per heavy atom. The molecule has 2 nitrogen and oxygen atoms in total. The third kappa shape index (κ3) is 30.3. The smallest absolute Gasteiger partial charge is 0.234 e. The van der Waals surface area contributed by atoms with E-state index in [2.05, 4.69) is 43.5 Å². The second-order valence-corrected chi connectivity index (χ2v) is 12.6. The zero-order valence-corrected chi connectivity index (χ0v) is 28.1. The predicted octanol–water partition coefficient (Wildman–Crippen LogP) is 12.3. The summed E-state index contributed by atoms with van der Waals surface area (Å²) in [7, 11) is 0. The first-order valence-corrected chi connectivity index (χ1v) is 18.6. The molecule has 0 N–H and O–H groups in total. The highest BCUT2D eigenvalue weighted by Crippen LogP contribution is 2.14. The van der Waals surface area contributed by atoms with E-state index in [1.54, 1.807) is 0 Å². The molecule has 0 unspecified atom stereocenters. The van der Waals surface area contributed by atoms with E-state index in [1.807, 2.05) is 0 Å². The van der Waals surface area contributed by atoms with Crippen molar-refractivity contribution < 1.29 is 4.58 Å². The van der Waals surface area contributed by atoms with Crippen LogP contribution in [0.4, 0.5) is 0 Å². The van der Waals surface area contributed by atoms with E-state index in [9.17, 15) is 0 Å². The minimum atomic E-state index is 1.16. The molecular weight excluding hydrogens is 472 g/mol. The van der Waals surface area contributed by atoms with Crippen molar-refractivity contribution in [2.24, 2.45) is 0 Å². The quantitative estimate of drug-likeness (QED) is 0.0664. The molecule has 0 aromatic rings. The van der Waals surface area contributed by atoms with Crippen LogP contribution in [0.15, 0.2) is 0 Å². The summed E-state index contributed by atoms with van der Waals surface area (Å²) >= 11 is 0. The third-order valence-corrected chi connectivity index (χ3v) is 8.66. The van der Waals surface area contributed by atoms with Gasteiger partial charge in [-0.25, -0.2) is 0 Å². The van der Waals surface area contributed by atoms with Crippen LogP contribution in [0, 0.1) is 0 Å². The number of likely N-dealkylation sites (N-methyl/N-ethyl adjacent to an activating group) is 1. The van der Waals surface area contributed by atoms with Gasteiger partial charge in [-0.15, -0.1) is 0 Å². The highest BCUT2D eigenvalue weighted by molar-refractivity contribution is 5.50. The van der Waals surface area contributed by atoms with Crippen LogP contribution in [0.1, 0.15) is 207 Å². The van der Waals surface area contributed by atoms with Gasteiger partial charge >= 0.3 is 0 Å². The normalized spacial score (nSPS) is 13.0.